The number of esters is 1. The average Bonchev–Trinajstić information content (AvgIpc) is 3.08. The zero-order valence-corrected chi connectivity index (χ0v) is 12.0. The molecular formula is C14H22N2O4. The Morgan fingerprint density at radius 3 is 2.55 bits per heavy atom. The second-order valence-electron chi connectivity index (χ2n) is 5.45. The van der Waals surface area contributed by atoms with E-state index in [4.69, 9.17) is 0 Å². The lowest BCUT2D eigenvalue weighted by atomic mass is 10.2. The fourth-order valence-electron chi connectivity index (χ4n) is 2.97. The number of carbonyl (C=O) groups excluding carboxylic acids is 3. The Morgan fingerprint density at radius 1 is 1.30 bits per heavy atom. The highest BCUT2D eigenvalue weighted by Gasteiger charge is 2.31. The van der Waals surface area contributed by atoms with Gasteiger partial charge in [0.2, 0.25) is 11.8 Å². The highest BCUT2D eigenvalue weighted by Crippen LogP contribution is 2.24. The number of carbonyl (C=O) groups is 3. The van der Waals surface area contributed by atoms with Crippen molar-refractivity contribution < 1.29 is 19.1 Å². The van der Waals surface area contributed by atoms with E-state index in [1.54, 1.807) is 9.80 Å². The molecule has 1 saturated carbocycles. The van der Waals surface area contributed by atoms with Crippen LogP contribution in [0.4, 0.5) is 0 Å². The summed E-state index contributed by atoms with van der Waals surface area (Å²) in [6.07, 6.45) is 5.35. The van der Waals surface area contributed by atoms with Crippen LogP contribution in [0.2, 0.25) is 0 Å². The quantitative estimate of drug-likeness (QED) is 0.691. The fourth-order valence-corrected chi connectivity index (χ4v) is 2.97. The molecule has 2 rings (SSSR count). The lowest BCUT2D eigenvalue weighted by Gasteiger charge is -2.29. The monoisotopic (exact) mass is 282 g/mol. The molecular weight excluding hydrogens is 260 g/mol. The molecule has 2 amide bonds. The molecule has 2 aliphatic rings. The lowest BCUT2D eigenvalue weighted by Crippen LogP contribution is -2.47. The van der Waals surface area contributed by atoms with Gasteiger partial charge in [0.05, 0.1) is 13.7 Å². The number of rotatable bonds is 5. The van der Waals surface area contributed by atoms with E-state index in [9.17, 15) is 14.4 Å². The number of ether oxygens (including phenoxy) is 1. The van der Waals surface area contributed by atoms with E-state index >= 15 is 0 Å². The first-order chi connectivity index (χ1) is 9.61. The molecule has 0 N–H and O–H groups in total. The van der Waals surface area contributed by atoms with Gasteiger partial charge >= 0.3 is 5.97 Å². The summed E-state index contributed by atoms with van der Waals surface area (Å²) < 4.78 is 4.67. The molecule has 6 nitrogen and oxygen atoms in total. The van der Waals surface area contributed by atoms with Crippen LogP contribution in [0, 0.1) is 0 Å². The number of hydrogen-bond acceptors (Lipinski definition) is 4. The molecule has 6 heteroatoms. The maximum absolute atomic E-state index is 12.4. The summed E-state index contributed by atoms with van der Waals surface area (Å²) in [4.78, 5) is 38.7. The standard InChI is InChI=1S/C14H22N2O4/c1-20-14(19)10-16(11-5-2-3-6-11)13(18)9-15-8-4-7-12(15)17/h11H,2-10H2,1H3. The van der Waals surface area contributed by atoms with E-state index < -0.39 is 5.97 Å². The maximum atomic E-state index is 12.4. The molecule has 0 radical (unpaired) electrons. The number of likely N-dealkylation sites (tertiary alicyclic amines) is 1. The molecule has 0 atom stereocenters. The van der Waals surface area contributed by atoms with Gasteiger partial charge in [-0.05, 0) is 19.3 Å². The van der Waals surface area contributed by atoms with E-state index in [0.29, 0.717) is 13.0 Å². The Labute approximate surface area is 119 Å². The first kappa shape index (κ1) is 14.8. The number of hydrogen-bond donors (Lipinski definition) is 0. The second-order valence-corrected chi connectivity index (χ2v) is 5.45. The summed E-state index contributed by atoms with van der Waals surface area (Å²) in [6, 6.07) is 0.110. The molecule has 0 bridgehead atoms. The minimum Gasteiger partial charge on any atom is -0.468 e. The lowest BCUT2D eigenvalue weighted by molar-refractivity contribution is -0.149. The molecule has 1 aliphatic heterocycles. The van der Waals surface area contributed by atoms with Crippen LogP contribution in [-0.4, -0.2) is 60.4 Å². The molecule has 0 aromatic carbocycles. The van der Waals surface area contributed by atoms with Gasteiger partial charge in [0.25, 0.3) is 0 Å². The third-order valence-electron chi connectivity index (χ3n) is 4.11. The van der Waals surface area contributed by atoms with E-state index in [1.165, 1.54) is 7.11 Å². The summed E-state index contributed by atoms with van der Waals surface area (Å²) in [6.45, 7) is 0.718. The molecule has 20 heavy (non-hydrogen) atoms. The topological polar surface area (TPSA) is 66.9 Å². The molecule has 1 aliphatic carbocycles. The summed E-state index contributed by atoms with van der Waals surface area (Å²) >= 11 is 0. The average molecular weight is 282 g/mol. The zero-order valence-electron chi connectivity index (χ0n) is 12.0. The van der Waals surface area contributed by atoms with E-state index in [2.05, 4.69) is 4.74 Å². The number of nitrogens with zero attached hydrogens (tertiary/aromatic N) is 2. The van der Waals surface area contributed by atoms with Gasteiger partial charge in [0, 0.05) is 19.0 Å². The summed E-state index contributed by atoms with van der Waals surface area (Å²) in [5.74, 6) is -0.515. The minimum absolute atomic E-state index is 0.0119. The molecule has 112 valence electrons. The van der Waals surface area contributed by atoms with Gasteiger partial charge in [0.1, 0.15) is 6.54 Å². The molecule has 0 aromatic heterocycles. The van der Waals surface area contributed by atoms with Gasteiger partial charge in [-0.25, -0.2) is 0 Å². The summed E-state index contributed by atoms with van der Waals surface area (Å²) in [7, 11) is 1.32. The minimum atomic E-state index is -0.405. The molecule has 1 saturated heterocycles. The van der Waals surface area contributed by atoms with Crippen molar-refractivity contribution in [3.8, 4) is 0 Å². The summed E-state index contributed by atoms with van der Waals surface area (Å²) in [5.41, 5.74) is 0. The van der Waals surface area contributed by atoms with Gasteiger partial charge in [-0.2, -0.15) is 0 Å². The van der Waals surface area contributed by atoms with Crippen molar-refractivity contribution in [1.82, 2.24) is 9.80 Å². The second kappa shape index (κ2) is 6.72. The first-order valence-electron chi connectivity index (χ1n) is 7.26. The van der Waals surface area contributed by atoms with Gasteiger partial charge < -0.3 is 14.5 Å². The largest absolute Gasteiger partial charge is 0.468 e. The molecule has 0 spiro atoms. The van der Waals surface area contributed by atoms with Crippen LogP contribution in [0.15, 0.2) is 0 Å². The highest BCUT2D eigenvalue weighted by molar-refractivity contribution is 5.88. The molecule has 0 unspecified atom stereocenters. The Hall–Kier alpha value is -1.59. The van der Waals surface area contributed by atoms with E-state index in [1.807, 2.05) is 0 Å². The van der Waals surface area contributed by atoms with Crippen LogP contribution in [0.3, 0.4) is 0 Å². The maximum Gasteiger partial charge on any atom is 0.325 e. The Kier molecular flexibility index (Phi) is 4.98. The van der Waals surface area contributed by atoms with Crippen molar-refractivity contribution in [3.63, 3.8) is 0 Å². The van der Waals surface area contributed by atoms with Crippen molar-refractivity contribution >= 4 is 17.8 Å². The fraction of sp³-hybridized carbons (Fsp3) is 0.786. The Morgan fingerprint density at radius 2 is 2.00 bits per heavy atom. The number of amides is 2. The third-order valence-corrected chi connectivity index (χ3v) is 4.11. The molecule has 0 aromatic rings. The van der Waals surface area contributed by atoms with Gasteiger partial charge in [-0.15, -0.1) is 0 Å². The first-order valence-corrected chi connectivity index (χ1v) is 7.26. The van der Waals surface area contributed by atoms with Crippen molar-refractivity contribution in [2.75, 3.05) is 26.7 Å². The third kappa shape index (κ3) is 3.49. The van der Waals surface area contributed by atoms with Gasteiger partial charge in [-0.3, -0.25) is 14.4 Å². The SMILES string of the molecule is COC(=O)CN(C(=O)CN1CCCC1=O)C1CCCC1. The van der Waals surface area contributed by atoms with Crippen LogP contribution in [0.1, 0.15) is 38.5 Å². The smallest absolute Gasteiger partial charge is 0.325 e. The van der Waals surface area contributed by atoms with Crippen molar-refractivity contribution in [3.05, 3.63) is 0 Å². The van der Waals surface area contributed by atoms with Crippen molar-refractivity contribution in [2.24, 2.45) is 0 Å². The zero-order chi connectivity index (χ0) is 14.5. The van der Waals surface area contributed by atoms with Crippen LogP contribution in [0.5, 0.6) is 0 Å². The predicted molar refractivity (Wildman–Crippen MR) is 71.8 cm³/mol. The van der Waals surface area contributed by atoms with Crippen LogP contribution >= 0.6 is 0 Å². The van der Waals surface area contributed by atoms with Crippen LogP contribution < -0.4 is 0 Å². The Bertz CT molecular complexity index is 391. The van der Waals surface area contributed by atoms with E-state index in [0.717, 1.165) is 32.1 Å². The summed E-state index contributed by atoms with van der Waals surface area (Å²) in [5, 5.41) is 0. The highest BCUT2D eigenvalue weighted by atomic mass is 16.5. The van der Waals surface area contributed by atoms with E-state index in [-0.39, 0.29) is 30.9 Å². The number of methoxy groups -OCH3 is 1. The predicted octanol–water partition coefficient (Wildman–Crippen LogP) is 0.553. The van der Waals surface area contributed by atoms with Crippen molar-refractivity contribution in [1.29, 1.82) is 0 Å². The van der Waals surface area contributed by atoms with Crippen molar-refractivity contribution in [2.45, 2.75) is 44.6 Å². The van der Waals surface area contributed by atoms with Gasteiger partial charge in [0.15, 0.2) is 0 Å². The molecule has 2 fully saturated rings. The van der Waals surface area contributed by atoms with Gasteiger partial charge in [-0.1, -0.05) is 12.8 Å². The molecule has 1 heterocycles. The van der Waals surface area contributed by atoms with Crippen LogP contribution in [-0.2, 0) is 19.1 Å². The normalized spacial score (nSPS) is 19.4. The van der Waals surface area contributed by atoms with Crippen LogP contribution in [0.25, 0.3) is 0 Å². The Balaban J connectivity index is 1.98.